The SMILES string of the molecule is COC(=O)c1ccccc1O.COc1ccc(C=O)cc1.OCCOCCO. The average Bonchev–Trinajstić information content (AvgIpc) is 2.75. The monoisotopic (exact) mass is 394 g/mol. The highest BCUT2D eigenvalue weighted by molar-refractivity contribution is 5.92. The Balaban J connectivity index is 0.000000402. The number of carbonyl (C=O) groups excluding carboxylic acids is 2. The summed E-state index contributed by atoms with van der Waals surface area (Å²) in [5, 5.41) is 25.3. The molecule has 0 saturated heterocycles. The Morgan fingerprint density at radius 3 is 1.96 bits per heavy atom. The second kappa shape index (κ2) is 16.2. The molecule has 0 amide bonds. The standard InChI is InChI=1S/C8H8O3.C8H8O2.C4H10O3/c1-11-8(10)6-4-2-3-5-7(6)9;1-10-8-4-2-7(6-9)3-5-8;5-1-3-7-4-2-6/h2-5,9H,1H3;2-6H,1H3;5-6H,1-4H2. The van der Waals surface area contributed by atoms with Gasteiger partial charge in [-0.2, -0.15) is 0 Å². The van der Waals surface area contributed by atoms with Crippen LogP contribution in [0.15, 0.2) is 48.5 Å². The molecule has 0 unspecified atom stereocenters. The molecular formula is C20H26O8. The minimum Gasteiger partial charge on any atom is -0.507 e. The number of phenols is 1. The average molecular weight is 394 g/mol. The van der Waals surface area contributed by atoms with Gasteiger partial charge in [-0.15, -0.1) is 0 Å². The van der Waals surface area contributed by atoms with Crippen LogP contribution in [0.4, 0.5) is 0 Å². The molecule has 0 aliphatic rings. The molecule has 154 valence electrons. The van der Waals surface area contributed by atoms with Crippen LogP contribution in [0.2, 0.25) is 0 Å². The number of phenolic OH excluding ortho intramolecular Hbond substituents is 1. The minimum absolute atomic E-state index is 0.0278. The highest BCUT2D eigenvalue weighted by atomic mass is 16.5. The zero-order valence-corrected chi connectivity index (χ0v) is 15.9. The number of aldehydes is 1. The molecule has 0 aliphatic carbocycles. The van der Waals surface area contributed by atoms with Crippen molar-refractivity contribution in [2.75, 3.05) is 40.6 Å². The van der Waals surface area contributed by atoms with Gasteiger partial charge in [-0.3, -0.25) is 4.79 Å². The first-order valence-electron chi connectivity index (χ1n) is 8.29. The number of hydrogen-bond acceptors (Lipinski definition) is 8. The number of aliphatic hydroxyl groups is 2. The van der Waals surface area contributed by atoms with Crippen LogP contribution < -0.4 is 4.74 Å². The summed E-state index contributed by atoms with van der Waals surface area (Å²) in [6.07, 6.45) is 0.805. The van der Waals surface area contributed by atoms with Gasteiger partial charge in [0.15, 0.2) is 0 Å². The molecule has 0 saturated carbocycles. The molecule has 0 radical (unpaired) electrons. The van der Waals surface area contributed by atoms with E-state index in [-0.39, 0.29) is 24.5 Å². The molecule has 28 heavy (non-hydrogen) atoms. The second-order valence-corrected chi connectivity index (χ2v) is 4.96. The number of esters is 1. The maximum absolute atomic E-state index is 10.9. The molecular weight excluding hydrogens is 368 g/mol. The molecule has 0 aromatic heterocycles. The van der Waals surface area contributed by atoms with E-state index in [9.17, 15) is 9.59 Å². The Morgan fingerprint density at radius 2 is 1.54 bits per heavy atom. The normalized spacial score (nSPS) is 9.14. The topological polar surface area (TPSA) is 123 Å². The van der Waals surface area contributed by atoms with E-state index in [2.05, 4.69) is 9.47 Å². The highest BCUT2D eigenvalue weighted by Gasteiger charge is 2.08. The van der Waals surface area contributed by atoms with Gasteiger partial charge in [-0.1, -0.05) is 12.1 Å². The summed E-state index contributed by atoms with van der Waals surface area (Å²) >= 11 is 0. The van der Waals surface area contributed by atoms with Crippen LogP contribution in [0.1, 0.15) is 20.7 Å². The molecule has 0 atom stereocenters. The summed E-state index contributed by atoms with van der Waals surface area (Å²) in [4.78, 5) is 21.0. The number of methoxy groups -OCH3 is 2. The molecule has 0 heterocycles. The Hall–Kier alpha value is -2.94. The van der Waals surface area contributed by atoms with Gasteiger partial charge in [0.25, 0.3) is 0 Å². The first-order valence-corrected chi connectivity index (χ1v) is 8.29. The molecule has 2 aromatic carbocycles. The van der Waals surface area contributed by atoms with Crippen molar-refractivity contribution in [3.63, 3.8) is 0 Å². The molecule has 0 spiro atoms. The van der Waals surface area contributed by atoms with Gasteiger partial charge in [0.2, 0.25) is 0 Å². The van der Waals surface area contributed by atoms with Crippen molar-refractivity contribution >= 4 is 12.3 Å². The second-order valence-electron chi connectivity index (χ2n) is 4.96. The fourth-order valence-electron chi connectivity index (χ4n) is 1.67. The third-order valence-corrected chi connectivity index (χ3v) is 3.03. The summed E-state index contributed by atoms with van der Waals surface area (Å²) in [7, 11) is 2.87. The predicted molar refractivity (Wildman–Crippen MR) is 103 cm³/mol. The smallest absolute Gasteiger partial charge is 0.341 e. The largest absolute Gasteiger partial charge is 0.507 e. The number of hydrogen-bond donors (Lipinski definition) is 3. The summed E-state index contributed by atoms with van der Waals surface area (Å²) in [6.45, 7) is 0.696. The predicted octanol–water partition coefficient (Wildman–Crippen LogP) is 1.67. The summed E-state index contributed by atoms with van der Waals surface area (Å²) in [6, 6.07) is 13.2. The first-order chi connectivity index (χ1) is 13.5. The lowest BCUT2D eigenvalue weighted by molar-refractivity contribution is 0.0597. The lowest BCUT2D eigenvalue weighted by atomic mass is 10.2. The van der Waals surface area contributed by atoms with Crippen LogP contribution in [0.5, 0.6) is 11.5 Å². The summed E-state index contributed by atoms with van der Waals surface area (Å²) < 4.78 is 13.9. The van der Waals surface area contributed by atoms with Gasteiger partial charge in [-0.05, 0) is 36.4 Å². The van der Waals surface area contributed by atoms with Crippen molar-refractivity contribution in [3.8, 4) is 11.5 Å². The maximum Gasteiger partial charge on any atom is 0.341 e. The Kier molecular flexibility index (Phi) is 14.5. The van der Waals surface area contributed by atoms with E-state index in [1.165, 1.54) is 19.2 Å². The van der Waals surface area contributed by atoms with Crippen LogP contribution in [-0.4, -0.2) is 68.2 Å². The van der Waals surface area contributed by atoms with E-state index in [1.54, 1.807) is 43.5 Å². The lowest BCUT2D eigenvalue weighted by Gasteiger charge is -1.99. The maximum atomic E-state index is 10.9. The number of aromatic hydroxyl groups is 1. The van der Waals surface area contributed by atoms with Crippen molar-refractivity contribution < 1.29 is 39.1 Å². The number of benzene rings is 2. The Bertz CT molecular complexity index is 666. The molecule has 3 N–H and O–H groups in total. The molecule has 8 heteroatoms. The highest BCUT2D eigenvalue weighted by Crippen LogP contribution is 2.15. The number of ether oxygens (including phenoxy) is 3. The van der Waals surface area contributed by atoms with Crippen LogP contribution in [-0.2, 0) is 9.47 Å². The molecule has 8 nitrogen and oxygen atoms in total. The van der Waals surface area contributed by atoms with Gasteiger partial charge in [0, 0.05) is 5.56 Å². The van der Waals surface area contributed by atoms with E-state index in [0.29, 0.717) is 18.8 Å². The van der Waals surface area contributed by atoms with Gasteiger partial charge < -0.3 is 29.5 Å². The van der Waals surface area contributed by atoms with Gasteiger partial charge in [0.1, 0.15) is 23.3 Å². The first kappa shape index (κ1) is 25.1. The quantitative estimate of drug-likeness (QED) is 0.368. The Labute approximate surface area is 163 Å². The lowest BCUT2D eigenvalue weighted by Crippen LogP contribution is -2.03. The number of aliphatic hydroxyl groups excluding tert-OH is 2. The molecule has 2 rings (SSSR count). The van der Waals surface area contributed by atoms with E-state index in [4.69, 9.17) is 20.1 Å². The number of para-hydroxylation sites is 1. The van der Waals surface area contributed by atoms with Gasteiger partial charge in [0.05, 0.1) is 40.6 Å². The zero-order valence-electron chi connectivity index (χ0n) is 15.9. The van der Waals surface area contributed by atoms with E-state index < -0.39 is 5.97 Å². The van der Waals surface area contributed by atoms with E-state index in [0.717, 1.165) is 12.0 Å². The number of carbonyl (C=O) groups is 2. The van der Waals surface area contributed by atoms with Crippen LogP contribution in [0.3, 0.4) is 0 Å². The zero-order chi connectivity index (χ0) is 21.2. The minimum atomic E-state index is -0.525. The van der Waals surface area contributed by atoms with Crippen molar-refractivity contribution in [3.05, 3.63) is 59.7 Å². The summed E-state index contributed by atoms with van der Waals surface area (Å²) in [5.74, 6) is 0.188. The fourth-order valence-corrected chi connectivity index (χ4v) is 1.67. The molecule has 0 fully saturated rings. The molecule has 2 aromatic rings. The van der Waals surface area contributed by atoms with Crippen LogP contribution in [0, 0.1) is 0 Å². The molecule has 0 aliphatic heterocycles. The van der Waals surface area contributed by atoms with Crippen molar-refractivity contribution in [2.24, 2.45) is 0 Å². The third-order valence-electron chi connectivity index (χ3n) is 3.03. The van der Waals surface area contributed by atoms with E-state index in [1.807, 2.05) is 0 Å². The fraction of sp³-hybridized carbons (Fsp3) is 0.300. The van der Waals surface area contributed by atoms with Gasteiger partial charge >= 0.3 is 5.97 Å². The van der Waals surface area contributed by atoms with Crippen molar-refractivity contribution in [1.29, 1.82) is 0 Å². The molecule has 0 bridgehead atoms. The van der Waals surface area contributed by atoms with Gasteiger partial charge in [-0.25, -0.2) is 4.79 Å². The van der Waals surface area contributed by atoms with Crippen LogP contribution >= 0.6 is 0 Å². The summed E-state index contributed by atoms with van der Waals surface area (Å²) in [5.41, 5.74) is 0.857. The van der Waals surface area contributed by atoms with Crippen molar-refractivity contribution in [1.82, 2.24) is 0 Å². The third kappa shape index (κ3) is 10.9. The van der Waals surface area contributed by atoms with E-state index >= 15 is 0 Å². The Morgan fingerprint density at radius 1 is 0.964 bits per heavy atom. The van der Waals surface area contributed by atoms with Crippen LogP contribution in [0.25, 0.3) is 0 Å². The van der Waals surface area contributed by atoms with Crippen molar-refractivity contribution in [2.45, 2.75) is 0 Å². The number of rotatable bonds is 7.